The molecule has 7 nitrogen and oxygen atoms in total. The fourth-order valence-corrected chi connectivity index (χ4v) is 5.76. The van der Waals surface area contributed by atoms with Gasteiger partial charge in [-0.05, 0) is 43.9 Å². The second-order valence-corrected chi connectivity index (χ2v) is 10.2. The van der Waals surface area contributed by atoms with Gasteiger partial charge in [-0.3, -0.25) is 9.69 Å². The van der Waals surface area contributed by atoms with E-state index in [-0.39, 0.29) is 11.8 Å². The van der Waals surface area contributed by atoms with Gasteiger partial charge in [-0.2, -0.15) is 0 Å². The summed E-state index contributed by atoms with van der Waals surface area (Å²) >= 11 is 1.72. The molecule has 3 aromatic rings. The number of thiophene rings is 1. The number of amides is 1. The molecule has 2 fully saturated rings. The standard InChI is InChI=1S/C25H31N5O2S/c1-17-18(2)33-25-22(17)23(26-16-27-25)30-9-7-19(8-10-30)24(31)28-21-6-4-3-5-20(21)15-29-11-13-32-14-12-29/h3-6,16,19H,7-15H2,1-2H3,(H,28,31). The Morgan fingerprint density at radius 1 is 1.12 bits per heavy atom. The Labute approximate surface area is 198 Å². The Bertz CT molecular complexity index is 1130. The van der Waals surface area contributed by atoms with Crippen molar-refractivity contribution in [3.63, 3.8) is 0 Å². The van der Waals surface area contributed by atoms with Crippen LogP contribution in [0.4, 0.5) is 11.5 Å². The largest absolute Gasteiger partial charge is 0.379 e. The maximum Gasteiger partial charge on any atom is 0.227 e. The molecule has 2 saturated heterocycles. The molecule has 0 atom stereocenters. The number of ether oxygens (including phenoxy) is 1. The van der Waals surface area contributed by atoms with Crippen LogP contribution in [0.3, 0.4) is 0 Å². The number of carbonyl (C=O) groups excluding carboxylic acids is 1. The van der Waals surface area contributed by atoms with E-state index in [1.54, 1.807) is 17.7 Å². The van der Waals surface area contributed by atoms with E-state index in [1.807, 2.05) is 18.2 Å². The number of rotatable bonds is 5. The lowest BCUT2D eigenvalue weighted by Crippen LogP contribution is -2.39. The fourth-order valence-electron chi connectivity index (χ4n) is 4.77. The van der Waals surface area contributed by atoms with Crippen molar-refractivity contribution in [3.8, 4) is 0 Å². The first-order chi connectivity index (χ1) is 16.1. The molecule has 2 aromatic heterocycles. The molecule has 174 valence electrons. The lowest BCUT2D eigenvalue weighted by atomic mass is 9.95. The van der Waals surface area contributed by atoms with Gasteiger partial charge < -0.3 is 15.0 Å². The Hall–Kier alpha value is -2.55. The molecule has 0 spiro atoms. The molecular formula is C25H31N5O2S. The summed E-state index contributed by atoms with van der Waals surface area (Å²) in [5.41, 5.74) is 3.36. The van der Waals surface area contributed by atoms with Crippen LogP contribution in [0, 0.1) is 19.8 Å². The number of aryl methyl sites for hydroxylation is 2. The molecule has 1 N–H and O–H groups in total. The summed E-state index contributed by atoms with van der Waals surface area (Å²) < 4.78 is 5.46. The number of hydrogen-bond acceptors (Lipinski definition) is 7. The van der Waals surface area contributed by atoms with E-state index in [2.05, 4.69) is 45.0 Å². The van der Waals surface area contributed by atoms with E-state index in [1.165, 1.54) is 15.8 Å². The van der Waals surface area contributed by atoms with Crippen molar-refractivity contribution in [1.82, 2.24) is 14.9 Å². The van der Waals surface area contributed by atoms with E-state index in [4.69, 9.17) is 4.74 Å². The summed E-state index contributed by atoms with van der Waals surface area (Å²) in [6.45, 7) is 10.2. The minimum Gasteiger partial charge on any atom is -0.379 e. The van der Waals surface area contributed by atoms with Gasteiger partial charge in [0.1, 0.15) is 17.0 Å². The molecule has 0 bridgehead atoms. The van der Waals surface area contributed by atoms with Crippen LogP contribution >= 0.6 is 11.3 Å². The quantitative estimate of drug-likeness (QED) is 0.614. The van der Waals surface area contributed by atoms with Gasteiger partial charge in [0.2, 0.25) is 5.91 Å². The number of piperidine rings is 1. The lowest BCUT2D eigenvalue weighted by molar-refractivity contribution is -0.120. The molecule has 2 aliphatic heterocycles. The second kappa shape index (κ2) is 9.75. The van der Waals surface area contributed by atoms with Crippen molar-refractivity contribution in [2.45, 2.75) is 33.2 Å². The molecule has 1 aromatic carbocycles. The summed E-state index contributed by atoms with van der Waals surface area (Å²) in [5.74, 6) is 1.15. The Balaban J connectivity index is 1.23. The first kappa shape index (κ1) is 22.3. The van der Waals surface area contributed by atoms with Crippen LogP contribution < -0.4 is 10.2 Å². The topological polar surface area (TPSA) is 70.6 Å². The van der Waals surface area contributed by atoms with E-state index in [9.17, 15) is 4.79 Å². The highest BCUT2D eigenvalue weighted by Crippen LogP contribution is 2.35. The van der Waals surface area contributed by atoms with Crippen LogP contribution in [0.5, 0.6) is 0 Å². The third-order valence-electron chi connectivity index (χ3n) is 6.88. The van der Waals surface area contributed by atoms with Crippen LogP contribution in [0.2, 0.25) is 0 Å². The first-order valence-electron chi connectivity index (χ1n) is 11.7. The summed E-state index contributed by atoms with van der Waals surface area (Å²) in [6.07, 6.45) is 3.31. The average molecular weight is 466 g/mol. The van der Waals surface area contributed by atoms with Gasteiger partial charge in [0.15, 0.2) is 0 Å². The Kier molecular flexibility index (Phi) is 6.57. The monoisotopic (exact) mass is 465 g/mol. The van der Waals surface area contributed by atoms with Gasteiger partial charge in [0.05, 0.1) is 18.6 Å². The Morgan fingerprint density at radius 3 is 2.67 bits per heavy atom. The lowest BCUT2D eigenvalue weighted by Gasteiger charge is -2.33. The number of morpholine rings is 1. The molecule has 1 amide bonds. The maximum atomic E-state index is 13.1. The number of fused-ring (bicyclic) bond motifs is 1. The maximum absolute atomic E-state index is 13.1. The molecule has 0 unspecified atom stereocenters. The average Bonchev–Trinajstić information content (AvgIpc) is 3.14. The smallest absolute Gasteiger partial charge is 0.227 e. The SMILES string of the molecule is Cc1sc2ncnc(N3CCC(C(=O)Nc4ccccc4CN4CCOCC4)CC3)c2c1C. The van der Waals surface area contributed by atoms with Gasteiger partial charge in [-0.1, -0.05) is 18.2 Å². The van der Waals surface area contributed by atoms with Crippen molar-refractivity contribution in [1.29, 1.82) is 0 Å². The fraction of sp³-hybridized carbons (Fsp3) is 0.480. The van der Waals surface area contributed by atoms with Crippen LogP contribution in [0.15, 0.2) is 30.6 Å². The molecule has 0 aliphatic carbocycles. The highest BCUT2D eigenvalue weighted by molar-refractivity contribution is 7.18. The minimum atomic E-state index is 0.0142. The summed E-state index contributed by atoms with van der Waals surface area (Å²) in [4.78, 5) is 29.3. The molecule has 0 radical (unpaired) electrons. The summed E-state index contributed by atoms with van der Waals surface area (Å²) in [6, 6.07) is 8.16. The van der Waals surface area contributed by atoms with Crippen molar-refractivity contribution < 1.29 is 9.53 Å². The van der Waals surface area contributed by atoms with Crippen molar-refractivity contribution in [2.75, 3.05) is 49.6 Å². The zero-order valence-electron chi connectivity index (χ0n) is 19.3. The molecular weight excluding hydrogens is 434 g/mol. The molecule has 2 aliphatic rings. The molecule has 8 heteroatoms. The molecule has 0 saturated carbocycles. The minimum absolute atomic E-state index is 0.0142. The zero-order chi connectivity index (χ0) is 22.8. The predicted octanol–water partition coefficient (Wildman–Crippen LogP) is 4.00. The number of para-hydroxylation sites is 1. The van der Waals surface area contributed by atoms with Gasteiger partial charge in [0.25, 0.3) is 0 Å². The summed E-state index contributed by atoms with van der Waals surface area (Å²) in [5, 5.41) is 4.39. The number of nitrogens with zero attached hydrogens (tertiary/aromatic N) is 4. The normalized spacial score (nSPS) is 18.1. The molecule has 33 heavy (non-hydrogen) atoms. The van der Waals surface area contributed by atoms with Gasteiger partial charge in [-0.25, -0.2) is 9.97 Å². The second-order valence-electron chi connectivity index (χ2n) is 8.96. The highest BCUT2D eigenvalue weighted by atomic mass is 32.1. The predicted molar refractivity (Wildman–Crippen MR) is 133 cm³/mol. The number of benzene rings is 1. The highest BCUT2D eigenvalue weighted by Gasteiger charge is 2.28. The summed E-state index contributed by atoms with van der Waals surface area (Å²) in [7, 11) is 0. The van der Waals surface area contributed by atoms with Gasteiger partial charge in [0, 0.05) is 49.2 Å². The van der Waals surface area contributed by atoms with Crippen LogP contribution in [-0.4, -0.2) is 60.2 Å². The van der Waals surface area contributed by atoms with Crippen LogP contribution in [0.1, 0.15) is 28.8 Å². The number of nitrogens with one attached hydrogen (secondary N) is 1. The van der Waals surface area contributed by atoms with Gasteiger partial charge in [-0.15, -0.1) is 11.3 Å². The third kappa shape index (κ3) is 4.74. The first-order valence-corrected chi connectivity index (χ1v) is 12.6. The van der Waals surface area contributed by atoms with Crippen LogP contribution in [-0.2, 0) is 16.1 Å². The zero-order valence-corrected chi connectivity index (χ0v) is 20.2. The van der Waals surface area contributed by atoms with Crippen molar-refractivity contribution >= 4 is 39.0 Å². The Morgan fingerprint density at radius 2 is 1.88 bits per heavy atom. The van der Waals surface area contributed by atoms with Crippen molar-refractivity contribution in [3.05, 3.63) is 46.6 Å². The van der Waals surface area contributed by atoms with Crippen LogP contribution in [0.25, 0.3) is 10.2 Å². The van der Waals surface area contributed by atoms with E-state index >= 15 is 0 Å². The number of hydrogen-bond donors (Lipinski definition) is 1. The number of anilines is 2. The van der Waals surface area contributed by atoms with Gasteiger partial charge >= 0.3 is 0 Å². The number of aromatic nitrogens is 2. The molecule has 5 rings (SSSR count). The number of carbonyl (C=O) groups is 1. The van der Waals surface area contributed by atoms with E-state index in [0.29, 0.717) is 0 Å². The third-order valence-corrected chi connectivity index (χ3v) is 8.00. The van der Waals surface area contributed by atoms with E-state index in [0.717, 1.165) is 80.7 Å². The van der Waals surface area contributed by atoms with E-state index < -0.39 is 0 Å². The van der Waals surface area contributed by atoms with Crippen molar-refractivity contribution in [2.24, 2.45) is 5.92 Å². The molecule has 4 heterocycles.